The SMILES string of the molecule is O=C(Cc1cccnc1)Nc1c(F)cccc1C(=O)O. The number of benzene rings is 1. The molecule has 0 aliphatic rings. The van der Waals surface area contributed by atoms with Crippen molar-refractivity contribution in [1.82, 2.24) is 4.98 Å². The van der Waals surface area contributed by atoms with Crippen LogP contribution in [0.5, 0.6) is 0 Å². The molecule has 6 heteroatoms. The topological polar surface area (TPSA) is 79.3 Å². The predicted molar refractivity (Wildman–Crippen MR) is 69.9 cm³/mol. The van der Waals surface area contributed by atoms with Crippen LogP contribution >= 0.6 is 0 Å². The molecular formula is C14H11FN2O3. The molecule has 0 aliphatic heterocycles. The number of amides is 1. The summed E-state index contributed by atoms with van der Waals surface area (Å²) in [4.78, 5) is 26.7. The molecule has 102 valence electrons. The Morgan fingerprint density at radius 1 is 1.25 bits per heavy atom. The molecule has 1 aromatic carbocycles. The van der Waals surface area contributed by atoms with Crippen molar-refractivity contribution in [3.63, 3.8) is 0 Å². The van der Waals surface area contributed by atoms with E-state index in [9.17, 15) is 14.0 Å². The van der Waals surface area contributed by atoms with Gasteiger partial charge in [-0.05, 0) is 23.8 Å². The van der Waals surface area contributed by atoms with Crippen LogP contribution in [-0.2, 0) is 11.2 Å². The summed E-state index contributed by atoms with van der Waals surface area (Å²) in [6.45, 7) is 0. The smallest absolute Gasteiger partial charge is 0.337 e. The van der Waals surface area contributed by atoms with E-state index in [4.69, 9.17) is 5.11 Å². The Morgan fingerprint density at radius 3 is 2.70 bits per heavy atom. The molecule has 2 aromatic rings. The van der Waals surface area contributed by atoms with Crippen LogP contribution in [0.4, 0.5) is 10.1 Å². The standard InChI is InChI=1S/C14H11FN2O3/c15-11-5-1-4-10(14(19)20)13(11)17-12(18)7-9-3-2-6-16-8-9/h1-6,8H,7H2,(H,17,18)(H,19,20). The molecule has 0 bridgehead atoms. The third kappa shape index (κ3) is 3.17. The zero-order valence-corrected chi connectivity index (χ0v) is 10.3. The van der Waals surface area contributed by atoms with Crippen molar-refractivity contribution in [2.75, 3.05) is 5.32 Å². The van der Waals surface area contributed by atoms with Crippen molar-refractivity contribution in [2.24, 2.45) is 0 Å². The van der Waals surface area contributed by atoms with E-state index < -0.39 is 17.7 Å². The highest BCUT2D eigenvalue weighted by Crippen LogP contribution is 2.20. The van der Waals surface area contributed by atoms with Gasteiger partial charge in [0, 0.05) is 12.4 Å². The normalized spacial score (nSPS) is 10.1. The van der Waals surface area contributed by atoms with Crippen molar-refractivity contribution in [2.45, 2.75) is 6.42 Å². The zero-order chi connectivity index (χ0) is 14.5. The van der Waals surface area contributed by atoms with Gasteiger partial charge in [0.05, 0.1) is 17.7 Å². The highest BCUT2D eigenvalue weighted by Gasteiger charge is 2.16. The molecule has 0 spiro atoms. The van der Waals surface area contributed by atoms with Crippen LogP contribution in [0.25, 0.3) is 0 Å². The zero-order valence-electron chi connectivity index (χ0n) is 10.3. The highest BCUT2D eigenvalue weighted by atomic mass is 19.1. The minimum absolute atomic E-state index is 0.0127. The largest absolute Gasteiger partial charge is 0.478 e. The molecule has 0 fully saturated rings. The van der Waals surface area contributed by atoms with Gasteiger partial charge in [0.15, 0.2) is 0 Å². The van der Waals surface area contributed by atoms with Gasteiger partial charge in [-0.2, -0.15) is 0 Å². The second-order valence-electron chi connectivity index (χ2n) is 4.05. The van der Waals surface area contributed by atoms with Gasteiger partial charge in [-0.3, -0.25) is 9.78 Å². The molecule has 0 unspecified atom stereocenters. The number of hydrogen-bond donors (Lipinski definition) is 2. The van der Waals surface area contributed by atoms with Crippen molar-refractivity contribution in [3.05, 3.63) is 59.7 Å². The number of carbonyl (C=O) groups excluding carboxylic acids is 1. The molecule has 0 atom stereocenters. The molecule has 20 heavy (non-hydrogen) atoms. The van der Waals surface area contributed by atoms with E-state index in [0.717, 1.165) is 6.07 Å². The van der Waals surface area contributed by atoms with Crippen LogP contribution < -0.4 is 5.32 Å². The lowest BCUT2D eigenvalue weighted by Crippen LogP contribution is -2.18. The number of aromatic nitrogens is 1. The summed E-state index contributed by atoms with van der Waals surface area (Å²) in [6.07, 6.45) is 3.07. The van der Waals surface area contributed by atoms with Crippen molar-refractivity contribution in [3.8, 4) is 0 Å². The first-order valence-electron chi connectivity index (χ1n) is 5.78. The van der Waals surface area contributed by atoms with Crippen LogP contribution in [0.3, 0.4) is 0 Å². The third-order valence-electron chi connectivity index (χ3n) is 2.60. The fraction of sp³-hybridized carbons (Fsp3) is 0.0714. The Hall–Kier alpha value is -2.76. The lowest BCUT2D eigenvalue weighted by Gasteiger charge is -2.09. The number of pyridine rings is 1. The van der Waals surface area contributed by atoms with E-state index in [0.29, 0.717) is 5.56 Å². The van der Waals surface area contributed by atoms with E-state index in [1.165, 1.54) is 18.3 Å². The average Bonchev–Trinajstić information content (AvgIpc) is 2.42. The van der Waals surface area contributed by atoms with Crippen LogP contribution in [-0.4, -0.2) is 22.0 Å². The number of aromatic carboxylic acids is 1. The molecule has 0 saturated carbocycles. The number of halogens is 1. The first-order valence-corrected chi connectivity index (χ1v) is 5.78. The van der Waals surface area contributed by atoms with Gasteiger partial charge in [0.1, 0.15) is 5.82 Å². The number of nitrogens with one attached hydrogen (secondary N) is 1. The summed E-state index contributed by atoms with van der Waals surface area (Å²) >= 11 is 0. The Bertz CT molecular complexity index is 644. The molecule has 1 heterocycles. The van der Waals surface area contributed by atoms with E-state index >= 15 is 0 Å². The summed E-state index contributed by atoms with van der Waals surface area (Å²) in [7, 11) is 0. The molecule has 2 rings (SSSR count). The number of rotatable bonds is 4. The second-order valence-corrected chi connectivity index (χ2v) is 4.05. The Labute approximate surface area is 114 Å². The van der Waals surface area contributed by atoms with Crippen LogP contribution in [0.15, 0.2) is 42.7 Å². The molecule has 0 saturated heterocycles. The van der Waals surface area contributed by atoms with Crippen molar-refractivity contribution in [1.29, 1.82) is 0 Å². The molecule has 1 aromatic heterocycles. The summed E-state index contributed by atoms with van der Waals surface area (Å²) in [5, 5.41) is 11.3. The maximum absolute atomic E-state index is 13.6. The van der Waals surface area contributed by atoms with Crippen LogP contribution in [0, 0.1) is 5.82 Å². The minimum Gasteiger partial charge on any atom is -0.478 e. The van der Waals surface area contributed by atoms with Gasteiger partial charge < -0.3 is 10.4 Å². The Kier molecular flexibility index (Phi) is 4.05. The number of anilines is 1. The third-order valence-corrected chi connectivity index (χ3v) is 2.60. The number of hydrogen-bond acceptors (Lipinski definition) is 3. The number of nitrogens with zero attached hydrogens (tertiary/aromatic N) is 1. The molecule has 0 aliphatic carbocycles. The molecule has 1 amide bonds. The summed E-state index contributed by atoms with van der Waals surface area (Å²) < 4.78 is 13.6. The van der Waals surface area contributed by atoms with Gasteiger partial charge >= 0.3 is 5.97 Å². The monoisotopic (exact) mass is 274 g/mol. The van der Waals surface area contributed by atoms with E-state index in [2.05, 4.69) is 10.3 Å². The van der Waals surface area contributed by atoms with Crippen LogP contribution in [0.1, 0.15) is 15.9 Å². The maximum Gasteiger partial charge on any atom is 0.337 e. The van der Waals surface area contributed by atoms with Gasteiger partial charge in [-0.1, -0.05) is 12.1 Å². The second kappa shape index (κ2) is 5.92. The number of carbonyl (C=O) groups is 2. The lowest BCUT2D eigenvalue weighted by molar-refractivity contribution is -0.115. The van der Waals surface area contributed by atoms with Crippen LogP contribution in [0.2, 0.25) is 0 Å². The average molecular weight is 274 g/mol. The van der Waals surface area contributed by atoms with Crippen molar-refractivity contribution < 1.29 is 19.1 Å². The first kappa shape index (κ1) is 13.7. The minimum atomic E-state index is -1.30. The fourth-order valence-electron chi connectivity index (χ4n) is 1.70. The summed E-state index contributed by atoms with van der Waals surface area (Å²) in [6, 6.07) is 6.97. The van der Waals surface area contributed by atoms with Crippen molar-refractivity contribution >= 4 is 17.6 Å². The highest BCUT2D eigenvalue weighted by molar-refractivity contribution is 6.01. The number of para-hydroxylation sites is 1. The molecule has 2 N–H and O–H groups in total. The predicted octanol–water partition coefficient (Wildman–Crippen LogP) is 2.10. The Morgan fingerprint density at radius 2 is 2.05 bits per heavy atom. The van der Waals surface area contributed by atoms with Gasteiger partial charge in [0.25, 0.3) is 0 Å². The molecule has 0 radical (unpaired) electrons. The quantitative estimate of drug-likeness (QED) is 0.894. The summed E-state index contributed by atoms with van der Waals surface area (Å²) in [5.41, 5.74) is 0.0386. The molecule has 5 nitrogen and oxygen atoms in total. The number of carboxylic acid groups (broad SMARTS) is 1. The number of carboxylic acids is 1. The van der Waals surface area contributed by atoms with Gasteiger partial charge in [0.2, 0.25) is 5.91 Å². The maximum atomic E-state index is 13.6. The van der Waals surface area contributed by atoms with Gasteiger partial charge in [-0.25, -0.2) is 9.18 Å². The van der Waals surface area contributed by atoms with E-state index in [1.54, 1.807) is 18.3 Å². The fourth-order valence-corrected chi connectivity index (χ4v) is 1.70. The first-order chi connectivity index (χ1) is 9.58. The summed E-state index contributed by atoms with van der Waals surface area (Å²) in [5.74, 6) is -2.60. The molecular weight excluding hydrogens is 263 g/mol. The Balaban J connectivity index is 2.18. The van der Waals surface area contributed by atoms with E-state index in [1.807, 2.05) is 0 Å². The van der Waals surface area contributed by atoms with Gasteiger partial charge in [-0.15, -0.1) is 0 Å². The van der Waals surface area contributed by atoms with E-state index in [-0.39, 0.29) is 17.7 Å². The lowest BCUT2D eigenvalue weighted by atomic mass is 10.1.